The first-order chi connectivity index (χ1) is 20.7. The van der Waals surface area contributed by atoms with Crippen LogP contribution < -0.4 is 10.9 Å². The third-order valence-electron chi connectivity index (χ3n) is 6.77. The van der Waals surface area contributed by atoms with E-state index < -0.39 is 11.8 Å². The van der Waals surface area contributed by atoms with Crippen LogP contribution in [0.4, 0.5) is 0 Å². The van der Waals surface area contributed by atoms with Gasteiger partial charge in [-0.25, -0.2) is 10.9 Å². The maximum atomic E-state index is 13.1. The van der Waals surface area contributed by atoms with Gasteiger partial charge in [0.2, 0.25) is 0 Å². The fourth-order valence-corrected chi connectivity index (χ4v) is 4.71. The highest BCUT2D eigenvalue weighted by molar-refractivity contribution is 5.90. The van der Waals surface area contributed by atoms with Crippen molar-refractivity contribution < 1.29 is 9.59 Å². The minimum Gasteiger partial charge on any atom is -0.272 e. The predicted octanol–water partition coefficient (Wildman–Crippen LogP) is 6.25. The van der Waals surface area contributed by atoms with Gasteiger partial charge in [0.25, 0.3) is 11.8 Å². The molecule has 0 aliphatic heterocycles. The number of benzene rings is 5. The topological polar surface area (TPSA) is 82.9 Å². The summed E-state index contributed by atoms with van der Waals surface area (Å²) in [5, 5.41) is 8.38. The van der Waals surface area contributed by atoms with Crippen molar-refractivity contribution in [2.24, 2.45) is 10.2 Å². The van der Waals surface area contributed by atoms with Gasteiger partial charge in [-0.05, 0) is 33.4 Å². The normalized spacial score (nSPS) is 11.3. The first kappa shape index (κ1) is 27.9. The molecule has 6 heteroatoms. The Bertz CT molecular complexity index is 1430. The van der Waals surface area contributed by atoms with Crippen molar-refractivity contribution >= 4 is 24.2 Å². The molecule has 206 valence electrons. The molecule has 0 aliphatic carbocycles. The second-order valence-electron chi connectivity index (χ2n) is 9.64. The summed E-state index contributed by atoms with van der Waals surface area (Å²) < 4.78 is 0. The van der Waals surface area contributed by atoms with Crippen molar-refractivity contribution in [1.82, 2.24) is 10.9 Å². The standard InChI is InChI=1S/C36H30N4O2/c41-35(33(29-13-5-1-6-14-29)30-15-7-2-8-16-30)39-37-25-27-21-23-28(24-22-27)26-38-40-36(42)34(31-17-9-3-10-18-31)32-19-11-4-12-20-32/h1-26,33-34H,(H,39,41)(H,40,42)/b37-25+,38-26+. The number of rotatable bonds is 10. The molecular formula is C36H30N4O2. The van der Waals surface area contributed by atoms with E-state index in [1.165, 1.54) is 0 Å². The van der Waals surface area contributed by atoms with Crippen LogP contribution in [-0.4, -0.2) is 24.2 Å². The van der Waals surface area contributed by atoms with Gasteiger partial charge in [-0.3, -0.25) is 9.59 Å². The average molecular weight is 551 g/mol. The van der Waals surface area contributed by atoms with Crippen molar-refractivity contribution in [1.29, 1.82) is 0 Å². The average Bonchev–Trinajstić information content (AvgIpc) is 3.04. The van der Waals surface area contributed by atoms with E-state index in [0.29, 0.717) is 0 Å². The Hall–Kier alpha value is -5.62. The number of hydrogen-bond donors (Lipinski definition) is 2. The second-order valence-corrected chi connectivity index (χ2v) is 9.64. The Kier molecular flexibility index (Phi) is 9.40. The molecule has 6 nitrogen and oxygen atoms in total. The van der Waals surface area contributed by atoms with E-state index in [4.69, 9.17) is 0 Å². The molecule has 0 aromatic heterocycles. The molecule has 42 heavy (non-hydrogen) atoms. The highest BCUT2D eigenvalue weighted by atomic mass is 16.2. The quantitative estimate of drug-likeness (QED) is 0.159. The van der Waals surface area contributed by atoms with E-state index in [1.807, 2.05) is 146 Å². The summed E-state index contributed by atoms with van der Waals surface area (Å²) in [6, 6.07) is 46.0. The van der Waals surface area contributed by atoms with E-state index in [0.717, 1.165) is 33.4 Å². The van der Waals surface area contributed by atoms with Crippen molar-refractivity contribution in [3.8, 4) is 0 Å². The first-order valence-corrected chi connectivity index (χ1v) is 13.6. The lowest BCUT2D eigenvalue weighted by atomic mass is 9.91. The van der Waals surface area contributed by atoms with Gasteiger partial charge in [-0.2, -0.15) is 10.2 Å². The highest BCUT2D eigenvalue weighted by Gasteiger charge is 2.23. The maximum Gasteiger partial charge on any atom is 0.252 e. The van der Waals surface area contributed by atoms with E-state index >= 15 is 0 Å². The highest BCUT2D eigenvalue weighted by Crippen LogP contribution is 2.25. The number of hydrazone groups is 2. The molecule has 0 radical (unpaired) electrons. The predicted molar refractivity (Wildman–Crippen MR) is 167 cm³/mol. The van der Waals surface area contributed by atoms with Crippen molar-refractivity contribution in [2.75, 3.05) is 0 Å². The van der Waals surface area contributed by atoms with Crippen LogP contribution in [0.25, 0.3) is 0 Å². The number of carbonyl (C=O) groups is 2. The Labute approximate surface area is 245 Å². The largest absolute Gasteiger partial charge is 0.272 e. The van der Waals surface area contributed by atoms with Gasteiger partial charge < -0.3 is 0 Å². The second kappa shape index (κ2) is 14.1. The Morgan fingerprint density at radius 2 is 0.690 bits per heavy atom. The lowest BCUT2D eigenvalue weighted by molar-refractivity contribution is -0.122. The molecule has 0 saturated heterocycles. The number of hydrogen-bond acceptors (Lipinski definition) is 4. The first-order valence-electron chi connectivity index (χ1n) is 13.6. The smallest absolute Gasteiger partial charge is 0.252 e. The van der Waals surface area contributed by atoms with Gasteiger partial charge in [-0.15, -0.1) is 0 Å². The zero-order valence-electron chi connectivity index (χ0n) is 22.9. The Morgan fingerprint density at radius 1 is 0.429 bits per heavy atom. The summed E-state index contributed by atoms with van der Waals surface area (Å²) in [5.74, 6) is -1.37. The monoisotopic (exact) mass is 550 g/mol. The molecule has 5 rings (SSSR count). The molecule has 0 heterocycles. The number of nitrogens with zero attached hydrogens (tertiary/aromatic N) is 2. The van der Waals surface area contributed by atoms with E-state index in [-0.39, 0.29) is 11.8 Å². The third kappa shape index (κ3) is 7.31. The van der Waals surface area contributed by atoms with Crippen LogP contribution in [0.15, 0.2) is 156 Å². The molecular weight excluding hydrogens is 520 g/mol. The van der Waals surface area contributed by atoms with Gasteiger partial charge in [-0.1, -0.05) is 146 Å². The molecule has 2 N–H and O–H groups in total. The van der Waals surface area contributed by atoms with Crippen molar-refractivity contribution in [3.63, 3.8) is 0 Å². The van der Waals surface area contributed by atoms with Gasteiger partial charge in [0.15, 0.2) is 0 Å². The maximum absolute atomic E-state index is 13.1. The summed E-state index contributed by atoms with van der Waals surface area (Å²) in [4.78, 5) is 26.2. The van der Waals surface area contributed by atoms with Crippen LogP contribution in [0.1, 0.15) is 45.2 Å². The number of amides is 2. The van der Waals surface area contributed by atoms with Crippen LogP contribution in [0.3, 0.4) is 0 Å². The number of nitrogens with one attached hydrogen (secondary N) is 2. The van der Waals surface area contributed by atoms with E-state index in [9.17, 15) is 9.59 Å². The van der Waals surface area contributed by atoms with Crippen LogP contribution in [0.2, 0.25) is 0 Å². The van der Waals surface area contributed by atoms with E-state index in [2.05, 4.69) is 21.1 Å². The van der Waals surface area contributed by atoms with Crippen molar-refractivity contribution in [2.45, 2.75) is 11.8 Å². The minimum absolute atomic E-state index is 0.215. The zero-order chi connectivity index (χ0) is 29.0. The fraction of sp³-hybridized carbons (Fsp3) is 0.0556. The van der Waals surface area contributed by atoms with Gasteiger partial charge in [0.1, 0.15) is 0 Å². The molecule has 0 saturated carbocycles. The van der Waals surface area contributed by atoms with Gasteiger partial charge >= 0.3 is 0 Å². The molecule has 0 fully saturated rings. The van der Waals surface area contributed by atoms with Crippen LogP contribution in [0.5, 0.6) is 0 Å². The minimum atomic E-state index is -0.471. The molecule has 2 amide bonds. The molecule has 5 aromatic carbocycles. The lowest BCUT2D eigenvalue weighted by Gasteiger charge is -2.16. The summed E-state index contributed by atoms with van der Waals surface area (Å²) in [7, 11) is 0. The molecule has 0 spiro atoms. The van der Waals surface area contributed by atoms with Gasteiger partial charge in [0.05, 0.1) is 24.3 Å². The Balaban J connectivity index is 1.20. The van der Waals surface area contributed by atoms with Crippen LogP contribution >= 0.6 is 0 Å². The summed E-state index contributed by atoms with van der Waals surface area (Å²) in [6.45, 7) is 0. The zero-order valence-corrected chi connectivity index (χ0v) is 22.9. The summed E-state index contributed by atoms with van der Waals surface area (Å²) in [6.07, 6.45) is 3.19. The van der Waals surface area contributed by atoms with Crippen molar-refractivity contribution in [3.05, 3.63) is 179 Å². The molecule has 0 aliphatic rings. The SMILES string of the molecule is O=C(N/N=C/c1ccc(/C=N/NC(=O)C(c2ccccc2)c2ccccc2)cc1)C(c1ccccc1)c1ccccc1. The Morgan fingerprint density at radius 3 is 0.952 bits per heavy atom. The number of carbonyl (C=O) groups excluding carboxylic acids is 2. The van der Waals surface area contributed by atoms with E-state index in [1.54, 1.807) is 12.4 Å². The molecule has 0 atom stereocenters. The molecule has 0 bridgehead atoms. The fourth-order valence-electron chi connectivity index (χ4n) is 4.71. The van der Waals surface area contributed by atoms with Gasteiger partial charge in [0, 0.05) is 0 Å². The lowest BCUT2D eigenvalue weighted by Crippen LogP contribution is -2.26. The van der Waals surface area contributed by atoms with Crippen LogP contribution in [0, 0.1) is 0 Å². The van der Waals surface area contributed by atoms with Crippen LogP contribution in [-0.2, 0) is 9.59 Å². The summed E-state index contributed by atoms with van der Waals surface area (Å²) >= 11 is 0. The molecule has 0 unspecified atom stereocenters. The molecule has 5 aromatic rings. The third-order valence-corrected chi connectivity index (χ3v) is 6.77. The summed E-state index contributed by atoms with van der Waals surface area (Å²) in [5.41, 5.74) is 10.6.